The Labute approximate surface area is 103 Å². The maximum absolute atomic E-state index is 11.7. The summed E-state index contributed by atoms with van der Waals surface area (Å²) in [5, 5.41) is 10.7. The van der Waals surface area contributed by atoms with Gasteiger partial charge in [0, 0.05) is 12.6 Å². The van der Waals surface area contributed by atoms with E-state index in [1.807, 2.05) is 0 Å². The Balaban J connectivity index is 2.39. The fourth-order valence-corrected chi connectivity index (χ4v) is 1.62. The summed E-state index contributed by atoms with van der Waals surface area (Å²) < 4.78 is 5.18. The van der Waals surface area contributed by atoms with E-state index < -0.39 is 4.92 Å². The molecule has 0 N–H and O–H groups in total. The van der Waals surface area contributed by atoms with Crippen LogP contribution in [0.25, 0.3) is 0 Å². The monoisotopic (exact) mass is 249 g/mol. The van der Waals surface area contributed by atoms with Crippen molar-refractivity contribution in [3.05, 3.63) is 34.9 Å². The number of nitrogens with zero attached hydrogens (tertiary/aromatic N) is 3. The van der Waals surface area contributed by atoms with Crippen LogP contribution in [-0.2, 0) is 4.79 Å². The van der Waals surface area contributed by atoms with Crippen molar-refractivity contribution >= 4 is 17.5 Å². The normalized spacial score (nSPS) is 13.8. The molecule has 1 aliphatic rings. The molecule has 7 nitrogen and oxygen atoms in total. The second kappa shape index (κ2) is 4.82. The van der Waals surface area contributed by atoms with Crippen molar-refractivity contribution in [3.8, 4) is 5.75 Å². The van der Waals surface area contributed by atoms with E-state index in [9.17, 15) is 14.9 Å². The van der Waals surface area contributed by atoms with Crippen LogP contribution in [-0.4, -0.2) is 29.0 Å². The Morgan fingerprint density at radius 2 is 2.39 bits per heavy atom. The summed E-state index contributed by atoms with van der Waals surface area (Å²) >= 11 is 0. The van der Waals surface area contributed by atoms with Crippen LogP contribution >= 0.6 is 0 Å². The molecule has 0 fully saturated rings. The van der Waals surface area contributed by atoms with Crippen molar-refractivity contribution < 1.29 is 14.5 Å². The zero-order valence-corrected chi connectivity index (χ0v) is 9.54. The number of aromatic nitrogens is 1. The Morgan fingerprint density at radius 1 is 1.61 bits per heavy atom. The molecule has 0 aliphatic carbocycles. The van der Waals surface area contributed by atoms with Gasteiger partial charge in [0.05, 0.1) is 0 Å². The topological polar surface area (TPSA) is 85.6 Å². The fourth-order valence-electron chi connectivity index (χ4n) is 1.62. The first kappa shape index (κ1) is 12.0. The average molecular weight is 249 g/mol. The molecular formula is C11H11N3O4. The number of carbonyl (C=O) groups is 1. The smallest absolute Gasteiger partial charge is 0.366 e. The van der Waals surface area contributed by atoms with Gasteiger partial charge in [-0.3, -0.25) is 9.69 Å². The minimum Gasteiger partial charge on any atom is -0.477 e. The van der Waals surface area contributed by atoms with Crippen LogP contribution < -0.4 is 9.64 Å². The number of anilines is 1. The number of pyridine rings is 1. The highest BCUT2D eigenvalue weighted by atomic mass is 16.6. The first-order valence-corrected chi connectivity index (χ1v) is 5.33. The maximum atomic E-state index is 11.7. The maximum Gasteiger partial charge on any atom is 0.366 e. The van der Waals surface area contributed by atoms with E-state index in [2.05, 4.69) is 11.6 Å². The van der Waals surface area contributed by atoms with Crippen molar-refractivity contribution in [1.82, 2.24) is 4.98 Å². The van der Waals surface area contributed by atoms with Gasteiger partial charge in [-0.15, -0.1) is 6.58 Å². The summed E-state index contributed by atoms with van der Waals surface area (Å²) in [5.74, 6) is -0.000404. The quantitative estimate of drug-likeness (QED) is 0.456. The van der Waals surface area contributed by atoms with Crippen LogP contribution in [0.15, 0.2) is 24.8 Å². The Morgan fingerprint density at radius 3 is 3.06 bits per heavy atom. The van der Waals surface area contributed by atoms with E-state index in [1.165, 1.54) is 17.0 Å². The van der Waals surface area contributed by atoms with Crippen LogP contribution in [0.5, 0.6) is 5.75 Å². The number of amides is 1. The molecule has 7 heteroatoms. The van der Waals surface area contributed by atoms with E-state index in [-0.39, 0.29) is 24.1 Å². The number of hydrogen-bond donors (Lipinski definition) is 0. The summed E-state index contributed by atoms with van der Waals surface area (Å²) in [4.78, 5) is 27.0. The molecule has 0 radical (unpaired) electrons. The van der Waals surface area contributed by atoms with Gasteiger partial charge in [0.15, 0.2) is 12.4 Å². The molecule has 1 aliphatic heterocycles. The number of fused-ring (bicyclic) bond motifs is 1. The van der Waals surface area contributed by atoms with E-state index in [1.54, 1.807) is 6.08 Å². The molecule has 1 aromatic rings. The summed E-state index contributed by atoms with van der Waals surface area (Å²) in [5.41, 5.74) is 0. The SMILES string of the molecule is C=CCCN1C(=O)COc2ccc([N+](=O)[O-])nc21. The van der Waals surface area contributed by atoms with Crippen LogP contribution in [0.2, 0.25) is 0 Å². The average Bonchev–Trinajstić information content (AvgIpc) is 2.37. The number of rotatable bonds is 4. The van der Waals surface area contributed by atoms with Crippen LogP contribution in [0.4, 0.5) is 11.6 Å². The van der Waals surface area contributed by atoms with E-state index >= 15 is 0 Å². The molecule has 2 rings (SSSR count). The number of nitro groups is 1. The minimum atomic E-state index is -0.606. The van der Waals surface area contributed by atoms with Crippen molar-refractivity contribution in [1.29, 1.82) is 0 Å². The molecule has 94 valence electrons. The molecule has 18 heavy (non-hydrogen) atoms. The van der Waals surface area contributed by atoms with Gasteiger partial charge in [0.25, 0.3) is 11.7 Å². The van der Waals surface area contributed by atoms with Crippen LogP contribution in [0.3, 0.4) is 0 Å². The predicted octanol–water partition coefficient (Wildman–Crippen LogP) is 1.29. The predicted molar refractivity (Wildman–Crippen MR) is 63.6 cm³/mol. The van der Waals surface area contributed by atoms with Crippen molar-refractivity contribution in [3.63, 3.8) is 0 Å². The van der Waals surface area contributed by atoms with Gasteiger partial charge in [-0.25, -0.2) is 0 Å². The molecule has 0 aromatic carbocycles. The molecule has 1 aromatic heterocycles. The van der Waals surface area contributed by atoms with E-state index in [0.717, 1.165) is 0 Å². The Hall–Kier alpha value is -2.44. The third-order valence-electron chi connectivity index (χ3n) is 2.48. The van der Waals surface area contributed by atoms with Gasteiger partial charge in [0.2, 0.25) is 0 Å². The summed E-state index contributed by atoms with van der Waals surface area (Å²) in [6.45, 7) is 3.88. The summed E-state index contributed by atoms with van der Waals surface area (Å²) in [6, 6.07) is 2.70. The number of hydrogen-bond acceptors (Lipinski definition) is 5. The summed E-state index contributed by atoms with van der Waals surface area (Å²) in [7, 11) is 0. The van der Waals surface area contributed by atoms with Crippen molar-refractivity contribution in [2.24, 2.45) is 0 Å². The first-order valence-electron chi connectivity index (χ1n) is 5.33. The number of carbonyl (C=O) groups excluding carboxylic acids is 1. The second-order valence-electron chi connectivity index (χ2n) is 3.66. The fraction of sp³-hybridized carbons (Fsp3) is 0.273. The molecule has 2 heterocycles. The van der Waals surface area contributed by atoms with Gasteiger partial charge in [-0.2, -0.15) is 0 Å². The largest absolute Gasteiger partial charge is 0.477 e. The van der Waals surface area contributed by atoms with Crippen LogP contribution in [0.1, 0.15) is 6.42 Å². The Bertz CT molecular complexity index is 515. The van der Waals surface area contributed by atoms with Gasteiger partial charge >= 0.3 is 5.82 Å². The molecular weight excluding hydrogens is 238 g/mol. The zero-order chi connectivity index (χ0) is 13.1. The van der Waals surface area contributed by atoms with Gasteiger partial charge in [0.1, 0.15) is 0 Å². The van der Waals surface area contributed by atoms with Gasteiger partial charge < -0.3 is 14.9 Å². The third kappa shape index (κ3) is 2.15. The molecule has 0 bridgehead atoms. The summed E-state index contributed by atoms with van der Waals surface area (Å²) in [6.07, 6.45) is 2.25. The minimum absolute atomic E-state index is 0.0797. The molecule has 0 saturated heterocycles. The standard InChI is InChI=1S/C11H11N3O4/c1-2-3-6-13-10(15)7-18-8-4-5-9(14(16)17)12-11(8)13/h2,4-5H,1,3,6-7H2. The van der Waals surface area contributed by atoms with Gasteiger partial charge in [-0.1, -0.05) is 6.08 Å². The lowest BCUT2D eigenvalue weighted by molar-refractivity contribution is -0.389. The van der Waals surface area contributed by atoms with Crippen LogP contribution in [0, 0.1) is 10.1 Å². The highest BCUT2D eigenvalue weighted by Crippen LogP contribution is 2.31. The highest BCUT2D eigenvalue weighted by Gasteiger charge is 2.31. The number of ether oxygens (including phenoxy) is 1. The lowest BCUT2D eigenvalue weighted by Gasteiger charge is -2.24. The lowest BCUT2D eigenvalue weighted by Crippen LogP contribution is -2.40. The molecule has 0 spiro atoms. The lowest BCUT2D eigenvalue weighted by atomic mass is 10.3. The van der Waals surface area contributed by atoms with Crippen molar-refractivity contribution in [2.75, 3.05) is 18.1 Å². The first-order chi connectivity index (χ1) is 8.63. The highest BCUT2D eigenvalue weighted by molar-refractivity contribution is 5.96. The van der Waals surface area contributed by atoms with Crippen molar-refractivity contribution in [2.45, 2.75) is 6.42 Å². The Kier molecular flexibility index (Phi) is 3.22. The molecule has 0 atom stereocenters. The van der Waals surface area contributed by atoms with Gasteiger partial charge in [-0.05, 0) is 22.4 Å². The van der Waals surface area contributed by atoms with E-state index in [4.69, 9.17) is 4.74 Å². The zero-order valence-electron chi connectivity index (χ0n) is 9.54. The third-order valence-corrected chi connectivity index (χ3v) is 2.48. The van der Waals surface area contributed by atoms with E-state index in [0.29, 0.717) is 18.7 Å². The molecule has 1 amide bonds. The molecule has 0 saturated carbocycles. The second-order valence-corrected chi connectivity index (χ2v) is 3.66. The molecule has 0 unspecified atom stereocenters.